The first-order valence-corrected chi connectivity index (χ1v) is 4.06. The Kier molecular flexibility index (Phi) is 3.84. The molecule has 15 heavy (non-hydrogen) atoms. The van der Waals surface area contributed by atoms with Gasteiger partial charge in [0.05, 0.1) is 0 Å². The van der Waals surface area contributed by atoms with Gasteiger partial charge in [-0.05, 0) is 24.3 Å². The summed E-state index contributed by atoms with van der Waals surface area (Å²) < 4.78 is 32.4. The standard InChI is InChI=1S/C9H9F2NO3/c1-12-9(13)15-7-4-2-6(3-5-7)14-8(10)11/h2-5,8H,1H3,(H,12,13). The van der Waals surface area contributed by atoms with Crippen LogP contribution in [0.4, 0.5) is 13.6 Å². The Balaban J connectivity index is 2.60. The van der Waals surface area contributed by atoms with Crippen molar-refractivity contribution in [3.8, 4) is 11.5 Å². The molecule has 0 bridgehead atoms. The van der Waals surface area contributed by atoms with Gasteiger partial charge in [-0.2, -0.15) is 8.78 Å². The highest BCUT2D eigenvalue weighted by molar-refractivity contribution is 5.69. The number of nitrogens with one attached hydrogen (secondary N) is 1. The monoisotopic (exact) mass is 217 g/mol. The van der Waals surface area contributed by atoms with Crippen LogP contribution in [0.1, 0.15) is 0 Å². The van der Waals surface area contributed by atoms with Gasteiger partial charge in [0, 0.05) is 7.05 Å². The van der Waals surface area contributed by atoms with Crippen LogP contribution in [0.3, 0.4) is 0 Å². The molecule has 82 valence electrons. The number of hydrogen-bond acceptors (Lipinski definition) is 3. The molecule has 1 aromatic rings. The molecule has 0 aliphatic heterocycles. The van der Waals surface area contributed by atoms with Gasteiger partial charge in [0.2, 0.25) is 0 Å². The van der Waals surface area contributed by atoms with E-state index in [1.54, 1.807) is 0 Å². The van der Waals surface area contributed by atoms with Gasteiger partial charge < -0.3 is 14.8 Å². The van der Waals surface area contributed by atoms with Crippen LogP contribution in [0.2, 0.25) is 0 Å². The molecular weight excluding hydrogens is 208 g/mol. The summed E-state index contributed by atoms with van der Waals surface area (Å²) in [6.45, 7) is -2.87. The fourth-order valence-electron chi connectivity index (χ4n) is 0.847. The van der Waals surface area contributed by atoms with Crippen molar-refractivity contribution in [2.75, 3.05) is 7.05 Å². The minimum atomic E-state index is -2.87. The summed E-state index contributed by atoms with van der Waals surface area (Å²) in [5, 5.41) is 2.25. The molecule has 1 rings (SSSR count). The molecule has 0 unspecified atom stereocenters. The zero-order chi connectivity index (χ0) is 11.3. The van der Waals surface area contributed by atoms with Crippen LogP contribution in [0.25, 0.3) is 0 Å². The molecular formula is C9H9F2NO3. The molecule has 6 heteroatoms. The third-order valence-corrected chi connectivity index (χ3v) is 1.46. The fraction of sp³-hybridized carbons (Fsp3) is 0.222. The lowest BCUT2D eigenvalue weighted by Crippen LogP contribution is -2.21. The number of halogens is 2. The van der Waals surface area contributed by atoms with E-state index in [-0.39, 0.29) is 11.5 Å². The van der Waals surface area contributed by atoms with E-state index in [0.29, 0.717) is 0 Å². The Hall–Kier alpha value is -1.85. The summed E-state index contributed by atoms with van der Waals surface area (Å²) >= 11 is 0. The fourth-order valence-corrected chi connectivity index (χ4v) is 0.847. The van der Waals surface area contributed by atoms with E-state index >= 15 is 0 Å². The average Bonchev–Trinajstić information content (AvgIpc) is 2.20. The molecule has 0 saturated carbocycles. The van der Waals surface area contributed by atoms with E-state index in [1.807, 2.05) is 0 Å². The topological polar surface area (TPSA) is 47.6 Å². The number of benzene rings is 1. The molecule has 1 N–H and O–H groups in total. The van der Waals surface area contributed by atoms with Crippen molar-refractivity contribution in [2.45, 2.75) is 6.61 Å². The van der Waals surface area contributed by atoms with Gasteiger partial charge in [-0.1, -0.05) is 0 Å². The summed E-state index contributed by atoms with van der Waals surface area (Å²) in [5.41, 5.74) is 0. The minimum absolute atomic E-state index is 0.00857. The van der Waals surface area contributed by atoms with Crippen LogP contribution in [0.15, 0.2) is 24.3 Å². The Bertz CT molecular complexity index is 327. The summed E-state index contributed by atoms with van der Waals surface area (Å²) in [7, 11) is 1.41. The summed E-state index contributed by atoms with van der Waals surface area (Å²) in [6.07, 6.45) is -0.627. The maximum atomic E-state index is 11.8. The van der Waals surface area contributed by atoms with Crippen molar-refractivity contribution < 1.29 is 23.0 Å². The molecule has 1 aromatic carbocycles. The van der Waals surface area contributed by atoms with E-state index < -0.39 is 12.7 Å². The average molecular weight is 217 g/mol. The summed E-state index contributed by atoms with van der Waals surface area (Å²) in [6, 6.07) is 5.27. The Labute approximate surface area is 84.8 Å². The van der Waals surface area contributed by atoms with Gasteiger partial charge in [0.25, 0.3) is 0 Å². The van der Waals surface area contributed by atoms with E-state index in [0.717, 1.165) is 0 Å². The highest BCUT2D eigenvalue weighted by Gasteiger charge is 2.05. The Morgan fingerprint density at radius 2 is 1.80 bits per heavy atom. The molecule has 0 spiro atoms. The quantitative estimate of drug-likeness (QED) is 0.842. The van der Waals surface area contributed by atoms with Gasteiger partial charge in [-0.3, -0.25) is 0 Å². The zero-order valence-corrected chi connectivity index (χ0v) is 7.87. The molecule has 0 fully saturated rings. The minimum Gasteiger partial charge on any atom is -0.435 e. The number of ether oxygens (including phenoxy) is 2. The number of amides is 1. The maximum absolute atomic E-state index is 11.8. The Morgan fingerprint density at radius 3 is 2.27 bits per heavy atom. The van der Waals surface area contributed by atoms with Crippen molar-refractivity contribution >= 4 is 6.09 Å². The van der Waals surface area contributed by atoms with Crippen molar-refractivity contribution in [2.24, 2.45) is 0 Å². The van der Waals surface area contributed by atoms with Crippen LogP contribution in [0, 0.1) is 0 Å². The maximum Gasteiger partial charge on any atom is 0.412 e. The highest BCUT2D eigenvalue weighted by Crippen LogP contribution is 2.19. The lowest BCUT2D eigenvalue weighted by molar-refractivity contribution is -0.0498. The SMILES string of the molecule is CNC(=O)Oc1ccc(OC(F)F)cc1. The largest absolute Gasteiger partial charge is 0.435 e. The smallest absolute Gasteiger partial charge is 0.412 e. The summed E-state index contributed by atoms with van der Waals surface area (Å²) in [5.74, 6) is 0.255. The summed E-state index contributed by atoms with van der Waals surface area (Å²) in [4.78, 5) is 10.8. The Morgan fingerprint density at radius 1 is 1.27 bits per heavy atom. The first kappa shape index (κ1) is 11.2. The molecule has 1 amide bonds. The van der Waals surface area contributed by atoms with E-state index in [4.69, 9.17) is 4.74 Å². The van der Waals surface area contributed by atoms with Gasteiger partial charge in [-0.15, -0.1) is 0 Å². The van der Waals surface area contributed by atoms with Crippen molar-refractivity contribution in [1.82, 2.24) is 5.32 Å². The third-order valence-electron chi connectivity index (χ3n) is 1.46. The predicted molar refractivity (Wildman–Crippen MR) is 48.2 cm³/mol. The van der Waals surface area contributed by atoms with Crippen LogP contribution < -0.4 is 14.8 Å². The van der Waals surface area contributed by atoms with Gasteiger partial charge >= 0.3 is 12.7 Å². The number of rotatable bonds is 3. The number of alkyl halides is 2. The van der Waals surface area contributed by atoms with E-state index in [2.05, 4.69) is 10.1 Å². The number of carbonyl (C=O) groups is 1. The van der Waals surface area contributed by atoms with Gasteiger partial charge in [-0.25, -0.2) is 4.79 Å². The lowest BCUT2D eigenvalue weighted by Gasteiger charge is -2.05. The van der Waals surface area contributed by atoms with Gasteiger partial charge in [0.15, 0.2) is 0 Å². The zero-order valence-electron chi connectivity index (χ0n) is 7.87. The normalized spacial score (nSPS) is 9.87. The second kappa shape index (κ2) is 5.14. The van der Waals surface area contributed by atoms with Crippen LogP contribution in [0.5, 0.6) is 11.5 Å². The van der Waals surface area contributed by atoms with E-state index in [1.165, 1.54) is 31.3 Å². The molecule has 0 atom stereocenters. The van der Waals surface area contributed by atoms with Crippen LogP contribution in [-0.2, 0) is 0 Å². The van der Waals surface area contributed by atoms with Crippen molar-refractivity contribution in [3.05, 3.63) is 24.3 Å². The third kappa shape index (κ3) is 3.80. The van der Waals surface area contributed by atoms with Gasteiger partial charge in [0.1, 0.15) is 11.5 Å². The molecule has 0 aliphatic carbocycles. The molecule has 4 nitrogen and oxygen atoms in total. The van der Waals surface area contributed by atoms with E-state index in [9.17, 15) is 13.6 Å². The van der Waals surface area contributed by atoms with Crippen molar-refractivity contribution in [3.63, 3.8) is 0 Å². The molecule has 0 aromatic heterocycles. The lowest BCUT2D eigenvalue weighted by atomic mass is 10.3. The first-order valence-electron chi connectivity index (χ1n) is 4.06. The highest BCUT2D eigenvalue weighted by atomic mass is 19.3. The first-order chi connectivity index (χ1) is 7.11. The predicted octanol–water partition coefficient (Wildman–Crippen LogP) is 2.01. The second-order valence-corrected chi connectivity index (χ2v) is 2.49. The second-order valence-electron chi connectivity index (χ2n) is 2.49. The van der Waals surface area contributed by atoms with Crippen molar-refractivity contribution in [1.29, 1.82) is 0 Å². The molecule has 0 saturated heterocycles. The molecule has 0 aliphatic rings. The van der Waals surface area contributed by atoms with Crippen LogP contribution >= 0.6 is 0 Å². The number of hydrogen-bond donors (Lipinski definition) is 1. The molecule has 0 heterocycles. The van der Waals surface area contributed by atoms with Crippen LogP contribution in [-0.4, -0.2) is 19.8 Å². The molecule has 0 radical (unpaired) electrons. The number of carbonyl (C=O) groups excluding carboxylic acids is 1.